The van der Waals surface area contributed by atoms with Crippen LogP contribution in [-0.2, 0) is 11.2 Å². The fourth-order valence-electron chi connectivity index (χ4n) is 3.02. The van der Waals surface area contributed by atoms with Gasteiger partial charge in [-0.1, -0.05) is 17.8 Å². The van der Waals surface area contributed by atoms with E-state index in [1.807, 2.05) is 11.4 Å². The van der Waals surface area contributed by atoms with E-state index < -0.39 is 5.82 Å². The van der Waals surface area contributed by atoms with E-state index in [1.165, 1.54) is 35.7 Å². The number of hydrogen-bond donors (Lipinski definition) is 1. The van der Waals surface area contributed by atoms with Crippen LogP contribution in [0.1, 0.15) is 46.9 Å². The quantitative estimate of drug-likeness (QED) is 0.425. The van der Waals surface area contributed by atoms with Crippen LogP contribution >= 0.6 is 23.1 Å². The van der Waals surface area contributed by atoms with Crippen LogP contribution in [0.4, 0.5) is 10.1 Å². The van der Waals surface area contributed by atoms with Crippen molar-refractivity contribution in [3.63, 3.8) is 0 Å². The van der Waals surface area contributed by atoms with E-state index >= 15 is 0 Å². The fourth-order valence-corrected chi connectivity index (χ4v) is 4.63. The molecule has 1 aliphatic carbocycles. The van der Waals surface area contributed by atoms with Crippen molar-refractivity contribution in [2.75, 3.05) is 11.1 Å². The molecule has 0 aliphatic heterocycles. The van der Waals surface area contributed by atoms with Gasteiger partial charge in [0.1, 0.15) is 11.6 Å². The predicted molar refractivity (Wildman–Crippen MR) is 111 cm³/mol. The van der Waals surface area contributed by atoms with E-state index in [4.69, 9.17) is 0 Å². The molecule has 0 radical (unpaired) electrons. The van der Waals surface area contributed by atoms with Gasteiger partial charge in [0, 0.05) is 30.0 Å². The van der Waals surface area contributed by atoms with Crippen LogP contribution in [0.2, 0.25) is 0 Å². The minimum Gasteiger partial charge on any atom is -0.326 e. The number of nitrogens with one attached hydrogen (secondary N) is 1. The van der Waals surface area contributed by atoms with Crippen LogP contribution in [0.5, 0.6) is 0 Å². The second-order valence-electron chi connectivity index (χ2n) is 6.84. The highest BCUT2D eigenvalue weighted by atomic mass is 32.2. The number of hydrogen-bond acceptors (Lipinski definition) is 6. The summed E-state index contributed by atoms with van der Waals surface area (Å²) >= 11 is 2.96. The van der Waals surface area contributed by atoms with E-state index in [0.29, 0.717) is 16.9 Å². The first kappa shape index (κ1) is 19.8. The number of rotatable bonds is 8. The molecule has 9 heteroatoms. The van der Waals surface area contributed by atoms with Crippen molar-refractivity contribution >= 4 is 40.5 Å². The Morgan fingerprint density at radius 1 is 1.31 bits per heavy atom. The molecule has 2 aromatic heterocycles. The number of benzene rings is 1. The van der Waals surface area contributed by atoms with Gasteiger partial charge in [0.25, 0.3) is 0 Å². The molecule has 0 spiro atoms. The van der Waals surface area contributed by atoms with Gasteiger partial charge in [-0.2, -0.15) is 0 Å². The first-order valence-electron chi connectivity index (χ1n) is 9.20. The number of thioether (sulfide) groups is 1. The molecule has 0 saturated heterocycles. The first-order valence-corrected chi connectivity index (χ1v) is 11.1. The van der Waals surface area contributed by atoms with E-state index in [1.54, 1.807) is 11.3 Å². The summed E-state index contributed by atoms with van der Waals surface area (Å²) in [6.45, 7) is 1.34. The summed E-state index contributed by atoms with van der Waals surface area (Å²) in [5, 5.41) is 13.8. The summed E-state index contributed by atoms with van der Waals surface area (Å²) in [6, 6.07) is 8.54. The summed E-state index contributed by atoms with van der Waals surface area (Å²) in [6.07, 6.45) is 2.88. The molecule has 1 aromatic carbocycles. The van der Waals surface area contributed by atoms with E-state index in [-0.39, 0.29) is 23.0 Å². The first-order chi connectivity index (χ1) is 14.0. The van der Waals surface area contributed by atoms with Crippen molar-refractivity contribution in [1.82, 2.24) is 14.8 Å². The topological polar surface area (TPSA) is 76.9 Å². The van der Waals surface area contributed by atoms with Crippen molar-refractivity contribution in [1.29, 1.82) is 0 Å². The molecule has 0 bridgehead atoms. The van der Waals surface area contributed by atoms with Crippen LogP contribution in [0.15, 0.2) is 40.9 Å². The van der Waals surface area contributed by atoms with Crippen LogP contribution in [0.3, 0.4) is 0 Å². The Morgan fingerprint density at radius 2 is 2.14 bits per heavy atom. The Hall–Kier alpha value is -2.52. The van der Waals surface area contributed by atoms with Crippen LogP contribution < -0.4 is 5.32 Å². The predicted octanol–water partition coefficient (Wildman–Crippen LogP) is 4.34. The van der Waals surface area contributed by atoms with Crippen LogP contribution in [0, 0.1) is 5.82 Å². The normalized spacial score (nSPS) is 13.4. The highest BCUT2D eigenvalue weighted by molar-refractivity contribution is 7.99. The maximum atomic E-state index is 14.3. The summed E-state index contributed by atoms with van der Waals surface area (Å²) in [5.41, 5.74) is 0.328. The third kappa shape index (κ3) is 4.73. The molecule has 0 unspecified atom stereocenters. The molecular weight excluding hydrogens is 411 g/mol. The number of nitrogens with zero attached hydrogens (tertiary/aromatic N) is 3. The molecule has 150 valence electrons. The van der Waals surface area contributed by atoms with Crippen LogP contribution in [0.25, 0.3) is 0 Å². The minimum absolute atomic E-state index is 0.00268. The van der Waals surface area contributed by atoms with Gasteiger partial charge in [-0.15, -0.1) is 21.5 Å². The molecule has 6 nitrogen and oxygen atoms in total. The Kier molecular flexibility index (Phi) is 5.77. The van der Waals surface area contributed by atoms with Crippen molar-refractivity contribution in [2.24, 2.45) is 0 Å². The van der Waals surface area contributed by atoms with Crippen molar-refractivity contribution in [2.45, 2.75) is 37.4 Å². The second-order valence-corrected chi connectivity index (χ2v) is 8.82. The number of halogens is 1. The van der Waals surface area contributed by atoms with E-state index in [2.05, 4.69) is 26.1 Å². The standard InChI is InChI=1S/C20H19FN4O2S2/c1-12(26)22-13-4-7-16(17(21)9-13)18(27)11-29-20-24-23-19(25(20)14-5-6-14)10-15-3-2-8-28-15/h2-4,7-9,14H,5-6,10-11H2,1H3,(H,22,26). The Balaban J connectivity index is 1.45. The lowest BCUT2D eigenvalue weighted by Crippen LogP contribution is -2.10. The van der Waals surface area contributed by atoms with Gasteiger partial charge in [0.2, 0.25) is 5.91 Å². The van der Waals surface area contributed by atoms with Crippen molar-refractivity contribution in [3.05, 3.63) is 57.8 Å². The van der Waals surface area contributed by atoms with Gasteiger partial charge in [-0.25, -0.2) is 4.39 Å². The molecule has 1 amide bonds. The molecule has 1 N–H and O–H groups in total. The number of thiophene rings is 1. The number of carbonyl (C=O) groups is 2. The van der Waals surface area contributed by atoms with Gasteiger partial charge in [0.15, 0.2) is 10.9 Å². The average Bonchev–Trinajstić information content (AvgIpc) is 3.22. The van der Waals surface area contributed by atoms with Gasteiger partial charge in [0.05, 0.1) is 11.3 Å². The van der Waals surface area contributed by atoms with Gasteiger partial charge in [-0.3, -0.25) is 9.59 Å². The summed E-state index contributed by atoms with van der Waals surface area (Å²) in [4.78, 5) is 24.8. The third-order valence-corrected chi connectivity index (χ3v) is 6.30. The zero-order valence-electron chi connectivity index (χ0n) is 15.7. The third-order valence-electron chi connectivity index (χ3n) is 4.48. The molecule has 4 rings (SSSR count). The van der Waals surface area contributed by atoms with Gasteiger partial charge in [-0.05, 0) is 42.5 Å². The molecule has 1 saturated carbocycles. The summed E-state index contributed by atoms with van der Waals surface area (Å²) in [7, 11) is 0. The highest BCUT2D eigenvalue weighted by Crippen LogP contribution is 2.39. The molecule has 1 fully saturated rings. The highest BCUT2D eigenvalue weighted by Gasteiger charge is 2.30. The SMILES string of the molecule is CC(=O)Nc1ccc(C(=O)CSc2nnc(Cc3cccs3)n2C2CC2)c(F)c1. The number of aromatic nitrogens is 3. The maximum Gasteiger partial charge on any atom is 0.221 e. The molecule has 29 heavy (non-hydrogen) atoms. The molecule has 1 aliphatic rings. The Labute approximate surface area is 175 Å². The Morgan fingerprint density at radius 3 is 2.79 bits per heavy atom. The average molecular weight is 431 g/mol. The summed E-state index contributed by atoms with van der Waals surface area (Å²) in [5.74, 6) is -0.302. The number of carbonyl (C=O) groups excluding carboxylic acids is 2. The molecular formula is C20H19FN4O2S2. The Bertz CT molecular complexity index is 1040. The summed E-state index contributed by atoms with van der Waals surface area (Å²) < 4.78 is 16.4. The lowest BCUT2D eigenvalue weighted by atomic mass is 10.1. The smallest absolute Gasteiger partial charge is 0.221 e. The van der Waals surface area contributed by atoms with E-state index in [9.17, 15) is 14.0 Å². The lowest BCUT2D eigenvalue weighted by molar-refractivity contribution is -0.114. The van der Waals surface area contributed by atoms with Crippen LogP contribution in [-0.4, -0.2) is 32.2 Å². The zero-order chi connectivity index (χ0) is 20.4. The lowest BCUT2D eigenvalue weighted by Gasteiger charge is -2.09. The van der Waals surface area contributed by atoms with Crippen molar-refractivity contribution < 1.29 is 14.0 Å². The van der Waals surface area contributed by atoms with Crippen molar-refractivity contribution in [3.8, 4) is 0 Å². The molecule has 2 heterocycles. The van der Waals surface area contributed by atoms with E-state index in [0.717, 1.165) is 31.2 Å². The molecule has 0 atom stereocenters. The molecule has 3 aromatic rings. The monoisotopic (exact) mass is 430 g/mol. The largest absolute Gasteiger partial charge is 0.326 e. The second kappa shape index (κ2) is 8.46. The zero-order valence-corrected chi connectivity index (χ0v) is 17.4. The maximum absolute atomic E-state index is 14.3. The fraction of sp³-hybridized carbons (Fsp3) is 0.300. The number of amides is 1. The number of anilines is 1. The number of ketones is 1. The van der Waals surface area contributed by atoms with Gasteiger partial charge >= 0.3 is 0 Å². The van der Waals surface area contributed by atoms with Gasteiger partial charge < -0.3 is 9.88 Å². The number of Topliss-reactive ketones (excluding diaryl/α,β-unsaturated/α-hetero) is 1. The minimum atomic E-state index is -0.649.